The number of hydrogen-bond acceptors (Lipinski definition) is 5. The Morgan fingerprint density at radius 3 is 2.36 bits per heavy atom. The van der Waals surface area contributed by atoms with Crippen molar-refractivity contribution in [1.82, 2.24) is 10.2 Å². The molecule has 0 saturated carbocycles. The summed E-state index contributed by atoms with van der Waals surface area (Å²) < 4.78 is 5.85. The molecule has 1 heterocycles. The lowest BCUT2D eigenvalue weighted by Gasteiger charge is -2.17. The van der Waals surface area contributed by atoms with Gasteiger partial charge in [0.15, 0.2) is 0 Å². The molecule has 0 unspecified atom stereocenters. The smallest absolute Gasteiger partial charge is 0.337 e. The van der Waals surface area contributed by atoms with Gasteiger partial charge in [0.2, 0.25) is 0 Å². The molecule has 0 bridgehead atoms. The van der Waals surface area contributed by atoms with E-state index in [1.165, 1.54) is 24.5 Å². The number of carbonyl (C=O) groups excluding carboxylic acids is 2. The van der Waals surface area contributed by atoms with E-state index in [1.807, 2.05) is 0 Å². The van der Waals surface area contributed by atoms with Gasteiger partial charge in [-0.05, 0) is 55.9 Å². The van der Waals surface area contributed by atoms with Gasteiger partial charge in [-0.25, -0.2) is 4.79 Å². The predicted molar refractivity (Wildman–Crippen MR) is 116 cm³/mol. The summed E-state index contributed by atoms with van der Waals surface area (Å²) in [6, 6.07) is 6.59. The molecule has 0 atom stereocenters. The molecule has 1 N–H and O–H groups in total. The molecule has 0 spiro atoms. The first kappa shape index (κ1) is 22.7. The molecule has 5 nitrogen and oxygen atoms in total. The number of hydrogen-bond donors (Lipinski definition) is 1. The van der Waals surface area contributed by atoms with Gasteiger partial charge in [0, 0.05) is 17.7 Å². The normalized spacial score (nSPS) is 10.9. The molecule has 1 aromatic heterocycles. The van der Waals surface area contributed by atoms with Crippen LogP contribution in [0.4, 0.5) is 0 Å². The summed E-state index contributed by atoms with van der Waals surface area (Å²) in [5.74, 6) is -0.765. The third kappa shape index (κ3) is 5.95. The summed E-state index contributed by atoms with van der Waals surface area (Å²) in [5, 5.41) is 2.91. The quantitative estimate of drug-likeness (QED) is 0.439. The number of rotatable bonds is 9. The second-order valence-corrected chi connectivity index (χ2v) is 8.45. The Labute approximate surface area is 179 Å². The highest BCUT2D eigenvalue weighted by Crippen LogP contribution is 2.38. The molecular formula is C20H24Cl2N2O3S. The first-order valence-corrected chi connectivity index (χ1v) is 10.7. The summed E-state index contributed by atoms with van der Waals surface area (Å²) in [5.41, 5.74) is 1.98. The number of esters is 1. The van der Waals surface area contributed by atoms with Crippen LogP contribution < -0.4 is 5.32 Å². The topological polar surface area (TPSA) is 58.6 Å². The zero-order chi connectivity index (χ0) is 20.7. The molecule has 0 radical (unpaired) electrons. The largest absolute Gasteiger partial charge is 0.465 e. The maximum atomic E-state index is 12.6. The number of nitrogens with one attached hydrogen (secondary N) is 1. The Hall–Kier alpha value is -1.60. The standard InChI is InChI=1S/C20H24Cl2N2O3S/c1-4-24(5-2)8-6-7-23-19(25)14-9-13(10-15(11-14)20(26)27-3)16-12-17(21)28-18(16)22/h9-12H,4-8H2,1-3H3,(H,23,25). The maximum Gasteiger partial charge on any atom is 0.337 e. The Balaban J connectivity index is 2.20. The van der Waals surface area contributed by atoms with Gasteiger partial charge < -0.3 is 15.0 Å². The van der Waals surface area contributed by atoms with Gasteiger partial charge in [-0.15, -0.1) is 11.3 Å². The van der Waals surface area contributed by atoms with Gasteiger partial charge in [-0.2, -0.15) is 0 Å². The molecule has 8 heteroatoms. The van der Waals surface area contributed by atoms with E-state index in [0.717, 1.165) is 26.1 Å². The molecular weight excluding hydrogens is 419 g/mol. The fraction of sp³-hybridized carbons (Fsp3) is 0.400. The molecule has 0 aliphatic carbocycles. The fourth-order valence-corrected chi connectivity index (χ4v) is 4.34. The number of thiophene rings is 1. The van der Waals surface area contributed by atoms with E-state index >= 15 is 0 Å². The predicted octanol–water partition coefficient (Wildman–Crippen LogP) is 4.97. The van der Waals surface area contributed by atoms with E-state index in [9.17, 15) is 9.59 Å². The third-order valence-corrected chi connectivity index (χ3v) is 5.90. The lowest BCUT2D eigenvalue weighted by Crippen LogP contribution is -2.30. The zero-order valence-corrected chi connectivity index (χ0v) is 18.5. The van der Waals surface area contributed by atoms with Crippen molar-refractivity contribution in [1.29, 1.82) is 0 Å². The van der Waals surface area contributed by atoms with Crippen molar-refractivity contribution in [3.8, 4) is 11.1 Å². The SMILES string of the molecule is CCN(CC)CCCNC(=O)c1cc(C(=O)OC)cc(-c2cc(Cl)sc2Cl)c1. The number of nitrogens with zero attached hydrogens (tertiary/aromatic N) is 1. The van der Waals surface area contributed by atoms with Crippen LogP contribution in [0.2, 0.25) is 8.67 Å². The van der Waals surface area contributed by atoms with Gasteiger partial charge in [-0.1, -0.05) is 37.0 Å². The lowest BCUT2D eigenvalue weighted by atomic mass is 10.0. The Bertz CT molecular complexity index is 835. The van der Waals surface area contributed by atoms with Crippen molar-refractivity contribution in [2.75, 3.05) is 33.3 Å². The average molecular weight is 443 g/mol. The van der Waals surface area contributed by atoms with E-state index < -0.39 is 5.97 Å². The van der Waals surface area contributed by atoms with Crippen LogP contribution in [0.3, 0.4) is 0 Å². The van der Waals surface area contributed by atoms with Crippen LogP contribution in [0.5, 0.6) is 0 Å². The molecule has 0 saturated heterocycles. The summed E-state index contributed by atoms with van der Waals surface area (Å²) in [4.78, 5) is 27.0. The monoisotopic (exact) mass is 442 g/mol. The number of benzene rings is 1. The Morgan fingerprint density at radius 1 is 1.11 bits per heavy atom. The van der Waals surface area contributed by atoms with Crippen LogP contribution in [0.15, 0.2) is 24.3 Å². The van der Waals surface area contributed by atoms with Gasteiger partial charge in [0.25, 0.3) is 5.91 Å². The van der Waals surface area contributed by atoms with Crippen LogP contribution in [0.25, 0.3) is 11.1 Å². The van der Waals surface area contributed by atoms with Crippen molar-refractivity contribution in [3.63, 3.8) is 0 Å². The second kappa shape index (κ2) is 10.8. The zero-order valence-electron chi connectivity index (χ0n) is 16.2. The van der Waals surface area contributed by atoms with Crippen LogP contribution >= 0.6 is 34.5 Å². The molecule has 2 rings (SSSR count). The molecule has 28 heavy (non-hydrogen) atoms. The van der Waals surface area contributed by atoms with Gasteiger partial charge in [-0.3, -0.25) is 4.79 Å². The van der Waals surface area contributed by atoms with E-state index in [2.05, 4.69) is 24.1 Å². The highest BCUT2D eigenvalue weighted by atomic mass is 35.5. The highest BCUT2D eigenvalue weighted by Gasteiger charge is 2.17. The third-order valence-electron chi connectivity index (χ3n) is 4.42. The van der Waals surface area contributed by atoms with Crippen LogP contribution in [0.1, 0.15) is 41.0 Å². The van der Waals surface area contributed by atoms with E-state index in [4.69, 9.17) is 27.9 Å². The van der Waals surface area contributed by atoms with Crippen LogP contribution in [-0.4, -0.2) is 50.1 Å². The van der Waals surface area contributed by atoms with Gasteiger partial charge in [0.05, 0.1) is 17.0 Å². The number of amides is 1. The van der Waals surface area contributed by atoms with Crippen molar-refractivity contribution in [2.24, 2.45) is 0 Å². The summed E-state index contributed by atoms with van der Waals surface area (Å²) in [6.07, 6.45) is 0.850. The minimum atomic E-state index is -0.519. The molecule has 1 aromatic carbocycles. The number of methoxy groups -OCH3 is 1. The minimum absolute atomic E-state index is 0.246. The average Bonchev–Trinajstić information content (AvgIpc) is 3.04. The molecule has 1 amide bonds. The summed E-state index contributed by atoms with van der Waals surface area (Å²) >= 11 is 13.5. The van der Waals surface area contributed by atoms with Crippen molar-refractivity contribution in [2.45, 2.75) is 20.3 Å². The van der Waals surface area contributed by atoms with Crippen LogP contribution in [-0.2, 0) is 4.74 Å². The lowest BCUT2D eigenvalue weighted by molar-refractivity contribution is 0.0601. The summed E-state index contributed by atoms with van der Waals surface area (Å²) in [7, 11) is 1.30. The molecule has 0 aliphatic heterocycles. The fourth-order valence-electron chi connectivity index (χ4n) is 2.83. The summed E-state index contributed by atoms with van der Waals surface area (Å²) in [6.45, 7) is 7.67. The van der Waals surface area contributed by atoms with Crippen molar-refractivity contribution < 1.29 is 14.3 Å². The van der Waals surface area contributed by atoms with E-state index in [-0.39, 0.29) is 11.5 Å². The molecule has 0 fully saturated rings. The van der Waals surface area contributed by atoms with Gasteiger partial charge in [0.1, 0.15) is 4.34 Å². The van der Waals surface area contributed by atoms with E-state index in [0.29, 0.717) is 31.9 Å². The molecule has 0 aliphatic rings. The first-order valence-electron chi connectivity index (χ1n) is 9.08. The van der Waals surface area contributed by atoms with Gasteiger partial charge >= 0.3 is 5.97 Å². The minimum Gasteiger partial charge on any atom is -0.465 e. The molecule has 2 aromatic rings. The Morgan fingerprint density at radius 2 is 1.79 bits per heavy atom. The number of ether oxygens (including phenoxy) is 1. The second-order valence-electron chi connectivity index (χ2n) is 6.16. The van der Waals surface area contributed by atoms with Crippen LogP contribution in [0, 0.1) is 0 Å². The first-order chi connectivity index (χ1) is 13.4. The number of carbonyl (C=O) groups is 2. The number of halogens is 2. The Kier molecular flexibility index (Phi) is 8.76. The highest BCUT2D eigenvalue weighted by molar-refractivity contribution is 7.20. The molecule has 152 valence electrons. The van der Waals surface area contributed by atoms with E-state index in [1.54, 1.807) is 18.2 Å². The van der Waals surface area contributed by atoms with Crippen molar-refractivity contribution in [3.05, 3.63) is 44.1 Å². The van der Waals surface area contributed by atoms with Crippen molar-refractivity contribution >= 4 is 46.4 Å². The maximum absolute atomic E-state index is 12.6.